The Morgan fingerprint density at radius 1 is 0.714 bits per heavy atom. The molecule has 0 aliphatic carbocycles. The van der Waals surface area contributed by atoms with Crippen molar-refractivity contribution in [3.05, 3.63) is 58.7 Å². The molecule has 0 heterocycles. The van der Waals surface area contributed by atoms with Crippen LogP contribution in [0.25, 0.3) is 0 Å². The van der Waals surface area contributed by atoms with Crippen molar-refractivity contribution in [3.8, 4) is 0 Å². The standard InChI is InChI=1S/C24H32N2O2/c1-15(2)19-11-7-9-17(5)23(19)25-21(27)13-14-22(28)26-24-18(6)10-8-12-20(24)16(3)4/h7-12,15-16H,13-14H2,1-6H3,(H,25,27)(H,26,28). The maximum absolute atomic E-state index is 12.4. The minimum atomic E-state index is -0.139. The molecule has 4 nitrogen and oxygen atoms in total. The number of hydrogen-bond donors (Lipinski definition) is 2. The van der Waals surface area contributed by atoms with Gasteiger partial charge in [-0.25, -0.2) is 0 Å². The van der Waals surface area contributed by atoms with E-state index in [-0.39, 0.29) is 24.7 Å². The van der Waals surface area contributed by atoms with Crippen LogP contribution in [-0.4, -0.2) is 11.8 Å². The highest BCUT2D eigenvalue weighted by Gasteiger charge is 2.15. The van der Waals surface area contributed by atoms with Crippen LogP contribution in [0.3, 0.4) is 0 Å². The largest absolute Gasteiger partial charge is 0.326 e. The molecular weight excluding hydrogens is 348 g/mol. The summed E-state index contributed by atoms with van der Waals surface area (Å²) in [6, 6.07) is 12.0. The highest BCUT2D eigenvalue weighted by molar-refractivity contribution is 5.98. The van der Waals surface area contributed by atoms with Crippen LogP contribution in [-0.2, 0) is 9.59 Å². The molecule has 0 aromatic heterocycles. The van der Waals surface area contributed by atoms with Crippen LogP contribution in [0.1, 0.15) is 74.6 Å². The van der Waals surface area contributed by atoms with E-state index in [9.17, 15) is 9.59 Å². The topological polar surface area (TPSA) is 58.2 Å². The van der Waals surface area contributed by atoms with Gasteiger partial charge < -0.3 is 10.6 Å². The minimum Gasteiger partial charge on any atom is -0.326 e. The number of hydrogen-bond acceptors (Lipinski definition) is 2. The zero-order chi connectivity index (χ0) is 20.8. The number of benzene rings is 2. The lowest BCUT2D eigenvalue weighted by Gasteiger charge is -2.17. The van der Waals surface area contributed by atoms with E-state index >= 15 is 0 Å². The summed E-state index contributed by atoms with van der Waals surface area (Å²) >= 11 is 0. The number of amides is 2. The fraction of sp³-hybridized carbons (Fsp3) is 0.417. The van der Waals surface area contributed by atoms with Gasteiger partial charge >= 0.3 is 0 Å². The number of para-hydroxylation sites is 2. The third-order valence-corrected chi connectivity index (χ3v) is 4.96. The van der Waals surface area contributed by atoms with Crippen molar-refractivity contribution in [1.82, 2.24) is 0 Å². The van der Waals surface area contributed by atoms with E-state index in [1.54, 1.807) is 0 Å². The normalized spacial score (nSPS) is 11.0. The smallest absolute Gasteiger partial charge is 0.224 e. The first-order valence-corrected chi connectivity index (χ1v) is 9.99. The summed E-state index contributed by atoms with van der Waals surface area (Å²) < 4.78 is 0. The molecular formula is C24H32N2O2. The highest BCUT2D eigenvalue weighted by atomic mass is 16.2. The SMILES string of the molecule is Cc1cccc(C(C)C)c1NC(=O)CCC(=O)Nc1c(C)cccc1C(C)C. The van der Waals surface area contributed by atoms with Gasteiger partial charge in [0.25, 0.3) is 0 Å². The predicted octanol–water partition coefficient (Wildman–Crippen LogP) is 5.91. The van der Waals surface area contributed by atoms with Gasteiger partial charge in [0, 0.05) is 24.2 Å². The molecule has 0 unspecified atom stereocenters. The Morgan fingerprint density at radius 3 is 1.39 bits per heavy atom. The van der Waals surface area contributed by atoms with E-state index in [0.717, 1.165) is 33.6 Å². The molecule has 0 aliphatic rings. The van der Waals surface area contributed by atoms with Gasteiger partial charge in [-0.2, -0.15) is 0 Å². The Kier molecular flexibility index (Phi) is 7.38. The lowest BCUT2D eigenvalue weighted by molar-refractivity contribution is -0.121. The first-order valence-electron chi connectivity index (χ1n) is 9.99. The second kappa shape index (κ2) is 9.54. The first-order chi connectivity index (χ1) is 13.2. The van der Waals surface area contributed by atoms with Crippen LogP contribution in [0.5, 0.6) is 0 Å². The molecule has 0 aliphatic heterocycles. The Hall–Kier alpha value is -2.62. The van der Waals surface area contributed by atoms with Crippen molar-refractivity contribution >= 4 is 23.2 Å². The number of rotatable bonds is 7. The number of carbonyl (C=O) groups excluding carboxylic acids is 2. The average molecular weight is 381 g/mol. The molecule has 0 saturated carbocycles. The van der Waals surface area contributed by atoms with Crippen molar-refractivity contribution in [2.24, 2.45) is 0 Å². The summed E-state index contributed by atoms with van der Waals surface area (Å²) in [5, 5.41) is 6.00. The second-order valence-corrected chi connectivity index (χ2v) is 7.98. The molecule has 0 radical (unpaired) electrons. The molecule has 2 rings (SSSR count). The molecule has 0 bridgehead atoms. The Balaban J connectivity index is 2.01. The van der Waals surface area contributed by atoms with E-state index < -0.39 is 0 Å². The van der Waals surface area contributed by atoms with Gasteiger partial charge in [0.2, 0.25) is 11.8 Å². The molecule has 0 fully saturated rings. The molecule has 0 spiro atoms. The predicted molar refractivity (Wildman–Crippen MR) is 117 cm³/mol. The maximum Gasteiger partial charge on any atom is 0.224 e. The fourth-order valence-corrected chi connectivity index (χ4v) is 3.32. The molecule has 0 atom stereocenters. The van der Waals surface area contributed by atoms with Crippen molar-refractivity contribution in [2.45, 2.75) is 66.2 Å². The third kappa shape index (κ3) is 5.44. The summed E-state index contributed by atoms with van der Waals surface area (Å²) in [4.78, 5) is 24.9. The van der Waals surface area contributed by atoms with Gasteiger partial charge in [-0.15, -0.1) is 0 Å². The molecule has 2 aromatic carbocycles. The highest BCUT2D eigenvalue weighted by Crippen LogP contribution is 2.29. The van der Waals surface area contributed by atoms with Gasteiger partial charge in [-0.05, 0) is 47.9 Å². The Morgan fingerprint density at radius 2 is 1.07 bits per heavy atom. The molecule has 2 N–H and O–H groups in total. The summed E-state index contributed by atoms with van der Waals surface area (Å²) in [6.07, 6.45) is 0.307. The van der Waals surface area contributed by atoms with E-state index in [1.807, 2.05) is 50.2 Å². The Bertz CT molecular complexity index is 782. The maximum atomic E-state index is 12.4. The molecule has 28 heavy (non-hydrogen) atoms. The van der Waals surface area contributed by atoms with E-state index in [1.165, 1.54) is 0 Å². The van der Waals surface area contributed by atoms with E-state index in [4.69, 9.17) is 0 Å². The number of anilines is 2. The van der Waals surface area contributed by atoms with Crippen LogP contribution >= 0.6 is 0 Å². The van der Waals surface area contributed by atoms with Gasteiger partial charge in [0.05, 0.1) is 0 Å². The lowest BCUT2D eigenvalue weighted by atomic mass is 9.98. The summed E-state index contributed by atoms with van der Waals surface area (Å²) in [5.74, 6) is 0.350. The van der Waals surface area contributed by atoms with Crippen LogP contribution in [0.4, 0.5) is 11.4 Å². The Labute approximate surface area is 168 Å². The van der Waals surface area contributed by atoms with Crippen LogP contribution in [0.15, 0.2) is 36.4 Å². The van der Waals surface area contributed by atoms with Crippen molar-refractivity contribution in [1.29, 1.82) is 0 Å². The summed E-state index contributed by atoms with van der Waals surface area (Å²) in [5.41, 5.74) is 6.02. The van der Waals surface area contributed by atoms with Crippen LogP contribution in [0, 0.1) is 13.8 Å². The van der Waals surface area contributed by atoms with Crippen LogP contribution < -0.4 is 10.6 Å². The fourth-order valence-electron chi connectivity index (χ4n) is 3.32. The zero-order valence-corrected chi connectivity index (χ0v) is 17.8. The quantitative estimate of drug-likeness (QED) is 0.627. The van der Waals surface area contributed by atoms with Crippen molar-refractivity contribution in [2.75, 3.05) is 10.6 Å². The average Bonchev–Trinajstić information content (AvgIpc) is 2.63. The van der Waals surface area contributed by atoms with Gasteiger partial charge in [-0.3, -0.25) is 9.59 Å². The molecule has 4 heteroatoms. The molecule has 2 aromatic rings. The lowest BCUT2D eigenvalue weighted by Crippen LogP contribution is -2.19. The minimum absolute atomic E-state index is 0.139. The first kappa shape index (κ1) is 21.7. The third-order valence-electron chi connectivity index (χ3n) is 4.96. The monoisotopic (exact) mass is 380 g/mol. The second-order valence-electron chi connectivity index (χ2n) is 7.98. The molecule has 150 valence electrons. The van der Waals surface area contributed by atoms with E-state index in [2.05, 4.69) is 38.3 Å². The van der Waals surface area contributed by atoms with Crippen LogP contribution in [0.2, 0.25) is 0 Å². The summed E-state index contributed by atoms with van der Waals surface area (Å²) in [6.45, 7) is 12.4. The zero-order valence-electron chi connectivity index (χ0n) is 17.8. The molecule has 2 amide bonds. The van der Waals surface area contributed by atoms with Gasteiger partial charge in [0.15, 0.2) is 0 Å². The van der Waals surface area contributed by atoms with Gasteiger partial charge in [-0.1, -0.05) is 64.1 Å². The van der Waals surface area contributed by atoms with Gasteiger partial charge in [0.1, 0.15) is 0 Å². The van der Waals surface area contributed by atoms with Crippen molar-refractivity contribution < 1.29 is 9.59 Å². The van der Waals surface area contributed by atoms with E-state index in [0.29, 0.717) is 11.8 Å². The van der Waals surface area contributed by atoms with Crippen molar-refractivity contribution in [3.63, 3.8) is 0 Å². The summed E-state index contributed by atoms with van der Waals surface area (Å²) in [7, 11) is 0. The number of aryl methyl sites for hydroxylation is 2. The molecule has 0 saturated heterocycles. The number of nitrogens with one attached hydrogen (secondary N) is 2. The number of carbonyl (C=O) groups is 2.